The molecule has 1 atom stereocenters. The first-order chi connectivity index (χ1) is 9.88. The third kappa shape index (κ3) is 2.73. The summed E-state index contributed by atoms with van der Waals surface area (Å²) in [4.78, 5) is 3.97. The number of hydrogen-bond donors (Lipinski definition) is 1. The second kappa shape index (κ2) is 5.35. The molecular weight excluding hydrogens is 332 g/mol. The number of halogens is 1. The van der Waals surface area contributed by atoms with Gasteiger partial charge in [-0.15, -0.1) is 0 Å². The van der Waals surface area contributed by atoms with Crippen molar-refractivity contribution in [3.05, 3.63) is 27.6 Å². The highest BCUT2D eigenvalue weighted by atomic mass is 35.5. The van der Waals surface area contributed by atoms with Crippen molar-refractivity contribution in [1.82, 2.24) is 19.5 Å². The average molecular weight is 347 g/mol. The van der Waals surface area contributed by atoms with Crippen molar-refractivity contribution in [2.45, 2.75) is 36.4 Å². The Hall–Kier alpha value is -0.960. The van der Waals surface area contributed by atoms with E-state index in [1.165, 1.54) is 0 Å². The fourth-order valence-electron chi connectivity index (χ4n) is 2.67. The number of nitrogens with zero attached hydrogens (tertiary/aromatic N) is 3. The second-order valence-corrected chi connectivity index (χ2v) is 8.57. The van der Waals surface area contributed by atoms with E-state index in [2.05, 4.69) is 14.8 Å². The number of sulfonamides is 1. The van der Waals surface area contributed by atoms with Crippen LogP contribution >= 0.6 is 22.9 Å². The van der Waals surface area contributed by atoms with Gasteiger partial charge in [-0.1, -0.05) is 22.9 Å². The summed E-state index contributed by atoms with van der Waals surface area (Å²) >= 11 is 6.78. The van der Waals surface area contributed by atoms with Gasteiger partial charge in [0.2, 0.25) is 0 Å². The molecule has 2 aromatic heterocycles. The minimum atomic E-state index is -3.62. The molecule has 114 valence electrons. The first-order valence-corrected chi connectivity index (χ1v) is 9.22. The highest BCUT2D eigenvalue weighted by molar-refractivity contribution is 7.91. The summed E-state index contributed by atoms with van der Waals surface area (Å²) in [5, 5.41) is 4.22. The van der Waals surface area contributed by atoms with Crippen LogP contribution in [0.2, 0.25) is 4.47 Å². The maximum Gasteiger partial charge on any atom is 0.252 e. The van der Waals surface area contributed by atoms with E-state index < -0.39 is 10.0 Å². The van der Waals surface area contributed by atoms with E-state index >= 15 is 0 Å². The topological polar surface area (TPSA) is 76.9 Å². The van der Waals surface area contributed by atoms with Crippen LogP contribution in [0.5, 0.6) is 0 Å². The molecule has 0 spiro atoms. The average Bonchev–Trinajstić information content (AvgIpc) is 2.94. The van der Waals surface area contributed by atoms with Gasteiger partial charge in [-0.2, -0.15) is 5.10 Å². The van der Waals surface area contributed by atoms with E-state index in [-0.39, 0.29) is 14.7 Å². The third-order valence-electron chi connectivity index (χ3n) is 3.65. The molecule has 0 aliphatic heterocycles. The van der Waals surface area contributed by atoms with Gasteiger partial charge in [0.05, 0.1) is 17.9 Å². The van der Waals surface area contributed by atoms with Gasteiger partial charge < -0.3 is 0 Å². The van der Waals surface area contributed by atoms with Crippen LogP contribution < -0.4 is 4.72 Å². The van der Waals surface area contributed by atoms with Crippen molar-refractivity contribution < 1.29 is 8.42 Å². The number of fused-ring (bicyclic) bond motifs is 1. The lowest BCUT2D eigenvalue weighted by Crippen LogP contribution is -2.31. The van der Waals surface area contributed by atoms with E-state index in [1.807, 2.05) is 11.7 Å². The van der Waals surface area contributed by atoms with Gasteiger partial charge in [-0.3, -0.25) is 4.68 Å². The summed E-state index contributed by atoms with van der Waals surface area (Å²) in [6, 6.07) is -0.243. The summed E-state index contributed by atoms with van der Waals surface area (Å²) in [6.07, 6.45) is 4.37. The van der Waals surface area contributed by atoms with Crippen LogP contribution in [-0.2, 0) is 23.5 Å². The number of hydrogen-bond acceptors (Lipinski definition) is 5. The lowest BCUT2D eigenvalue weighted by molar-refractivity contribution is 0.498. The van der Waals surface area contributed by atoms with Gasteiger partial charge in [0.15, 0.2) is 8.68 Å². The smallest absolute Gasteiger partial charge is 0.252 e. The largest absolute Gasteiger partial charge is 0.272 e. The SMILES string of the molecule is Cc1nc(Cl)sc1S(=O)(=O)NC1CCCc2c1cnn2C. The fraction of sp³-hybridized carbons (Fsp3) is 0.500. The van der Waals surface area contributed by atoms with Gasteiger partial charge in [-0.25, -0.2) is 18.1 Å². The molecule has 9 heteroatoms. The summed E-state index contributed by atoms with van der Waals surface area (Å²) in [5.41, 5.74) is 2.48. The minimum Gasteiger partial charge on any atom is -0.272 e. The Bertz CT molecular complexity index is 781. The number of aromatic nitrogens is 3. The van der Waals surface area contributed by atoms with Crippen molar-refractivity contribution in [2.24, 2.45) is 7.05 Å². The molecule has 1 aliphatic rings. The number of rotatable bonds is 3. The zero-order chi connectivity index (χ0) is 15.2. The summed E-state index contributed by atoms with van der Waals surface area (Å²) in [5.74, 6) is 0. The molecule has 2 aromatic rings. The van der Waals surface area contributed by atoms with Crippen molar-refractivity contribution >= 4 is 33.0 Å². The number of nitrogens with one attached hydrogen (secondary N) is 1. The van der Waals surface area contributed by atoms with Gasteiger partial charge >= 0.3 is 0 Å². The molecule has 0 bridgehead atoms. The molecule has 6 nitrogen and oxygen atoms in total. The second-order valence-electron chi connectivity index (χ2n) is 5.08. The van der Waals surface area contributed by atoms with Gasteiger partial charge in [0, 0.05) is 18.3 Å². The predicted octanol–water partition coefficient (Wildman–Crippen LogP) is 2.19. The van der Waals surface area contributed by atoms with Crippen LogP contribution in [0.1, 0.15) is 35.8 Å². The molecule has 0 radical (unpaired) electrons. The molecule has 0 fully saturated rings. The molecule has 0 aromatic carbocycles. The first-order valence-electron chi connectivity index (χ1n) is 6.54. The molecule has 0 saturated carbocycles. The predicted molar refractivity (Wildman–Crippen MR) is 81.1 cm³/mol. The molecule has 1 unspecified atom stereocenters. The maximum absolute atomic E-state index is 12.5. The van der Waals surface area contributed by atoms with Crippen molar-refractivity contribution in [1.29, 1.82) is 0 Å². The highest BCUT2D eigenvalue weighted by Crippen LogP contribution is 2.32. The number of thiazole rings is 1. The minimum absolute atomic E-state index is 0.184. The normalized spacial score (nSPS) is 18.7. The van der Waals surface area contributed by atoms with Crippen LogP contribution in [0.25, 0.3) is 0 Å². The Labute approximate surface area is 132 Å². The van der Waals surface area contributed by atoms with Crippen LogP contribution in [-0.4, -0.2) is 23.2 Å². The third-order valence-corrected chi connectivity index (χ3v) is 6.99. The molecule has 1 aliphatic carbocycles. The van der Waals surface area contributed by atoms with Crippen LogP contribution in [0.3, 0.4) is 0 Å². The Kier molecular flexibility index (Phi) is 3.81. The first kappa shape index (κ1) is 15.0. The molecular formula is C12H15ClN4O2S2. The highest BCUT2D eigenvalue weighted by Gasteiger charge is 2.30. The monoisotopic (exact) mass is 346 g/mol. The Morgan fingerprint density at radius 1 is 1.52 bits per heavy atom. The lowest BCUT2D eigenvalue weighted by atomic mass is 9.94. The van der Waals surface area contributed by atoms with E-state index in [1.54, 1.807) is 13.1 Å². The van der Waals surface area contributed by atoms with Crippen LogP contribution in [0.4, 0.5) is 0 Å². The summed E-state index contributed by atoms with van der Waals surface area (Å²) in [6.45, 7) is 1.65. The quantitative estimate of drug-likeness (QED) is 0.924. The standard InChI is InChI=1S/C12H15ClN4O2S2/c1-7-11(20-12(13)15-7)21(18,19)16-9-4-3-5-10-8(9)6-14-17(10)2/h6,9,16H,3-5H2,1-2H3. The van der Waals surface area contributed by atoms with Gasteiger partial charge in [0.25, 0.3) is 10.0 Å². The summed E-state index contributed by atoms with van der Waals surface area (Å²) < 4.78 is 30.0. The van der Waals surface area contributed by atoms with E-state index in [9.17, 15) is 8.42 Å². The van der Waals surface area contributed by atoms with E-state index in [0.717, 1.165) is 41.9 Å². The molecule has 3 rings (SSSR count). The lowest BCUT2D eigenvalue weighted by Gasteiger charge is -2.23. The molecule has 21 heavy (non-hydrogen) atoms. The number of aryl methyl sites for hydroxylation is 2. The molecule has 0 saturated heterocycles. The van der Waals surface area contributed by atoms with Crippen molar-refractivity contribution in [2.75, 3.05) is 0 Å². The van der Waals surface area contributed by atoms with Crippen LogP contribution in [0.15, 0.2) is 10.4 Å². The molecule has 1 N–H and O–H groups in total. The fourth-order valence-corrected chi connectivity index (χ4v) is 5.67. The molecule has 2 heterocycles. The Balaban J connectivity index is 1.92. The van der Waals surface area contributed by atoms with Gasteiger partial charge in [0.1, 0.15) is 0 Å². The zero-order valence-corrected chi connectivity index (χ0v) is 14.0. The molecule has 0 amide bonds. The van der Waals surface area contributed by atoms with E-state index in [4.69, 9.17) is 11.6 Å². The Morgan fingerprint density at radius 2 is 2.29 bits per heavy atom. The maximum atomic E-state index is 12.5. The van der Waals surface area contributed by atoms with Gasteiger partial charge in [-0.05, 0) is 26.2 Å². The Morgan fingerprint density at radius 3 is 2.95 bits per heavy atom. The van der Waals surface area contributed by atoms with E-state index in [0.29, 0.717) is 5.69 Å². The zero-order valence-electron chi connectivity index (χ0n) is 11.6. The summed E-state index contributed by atoms with van der Waals surface area (Å²) in [7, 11) is -1.74. The van der Waals surface area contributed by atoms with Crippen molar-refractivity contribution in [3.8, 4) is 0 Å². The van der Waals surface area contributed by atoms with Crippen LogP contribution in [0, 0.1) is 6.92 Å². The van der Waals surface area contributed by atoms with Crippen molar-refractivity contribution in [3.63, 3.8) is 0 Å².